The number of hydrogen-bond donors (Lipinski definition) is 4. The molecule has 2 heterocycles. The van der Waals surface area contributed by atoms with Crippen LogP contribution in [0, 0.1) is 0 Å². The van der Waals surface area contributed by atoms with E-state index in [0.717, 1.165) is 16.8 Å². The molecule has 2 aromatic carbocycles. The first-order valence-corrected chi connectivity index (χ1v) is 14.2. The third-order valence-electron chi connectivity index (χ3n) is 5.31. The molecule has 1 aliphatic heterocycles. The number of phosphoric ester groups is 1. The average Bonchev–Trinajstić information content (AvgIpc) is 3.18. The van der Waals surface area contributed by atoms with Crippen LogP contribution < -0.4 is 21.3 Å². The fraction of sp³-hybridized carbons (Fsp3) is 0.227. The Kier molecular flexibility index (Phi) is 8.64. The van der Waals surface area contributed by atoms with Crippen LogP contribution in [0.5, 0.6) is 5.75 Å². The van der Waals surface area contributed by atoms with E-state index in [9.17, 15) is 38.4 Å². The predicted octanol–water partition coefficient (Wildman–Crippen LogP) is 1.02. The standard InChI is InChI=1S/C22H22N2O13P2/c25-17-11-12-24(21(27)23-17)20-19(36-22(28)34-14-7-3-1-4-8-14)18(26)16(35-20)13-33-39(31,32)37-38(29,30)15-9-5-2-6-10-15/h1-12,16,18-20,26H,13H2,(H,29,30)(H,31,32)(H,23,25,27)/t16-,18-,19-,20-/m1/s1. The summed E-state index contributed by atoms with van der Waals surface area (Å²) in [7, 11) is -10.00. The molecule has 0 bridgehead atoms. The summed E-state index contributed by atoms with van der Waals surface area (Å²) >= 11 is 0. The number of hydrogen-bond acceptors (Lipinski definition) is 11. The Hall–Kier alpha value is -3.39. The number of ether oxygens (including phenoxy) is 3. The zero-order valence-corrected chi connectivity index (χ0v) is 21.5. The van der Waals surface area contributed by atoms with Gasteiger partial charge in [0.1, 0.15) is 18.0 Å². The molecule has 1 aromatic heterocycles. The van der Waals surface area contributed by atoms with E-state index in [2.05, 4.69) is 4.31 Å². The van der Waals surface area contributed by atoms with Crippen molar-refractivity contribution in [2.45, 2.75) is 24.5 Å². The Morgan fingerprint density at radius 3 is 2.28 bits per heavy atom. The van der Waals surface area contributed by atoms with Crippen LogP contribution in [0.25, 0.3) is 0 Å². The number of nitrogens with one attached hydrogen (secondary N) is 1. The van der Waals surface area contributed by atoms with Gasteiger partial charge in [0.2, 0.25) is 0 Å². The van der Waals surface area contributed by atoms with Gasteiger partial charge < -0.3 is 29.1 Å². The number of para-hydroxylation sites is 1. The van der Waals surface area contributed by atoms with Gasteiger partial charge in [-0.25, -0.2) is 18.5 Å². The maximum absolute atomic E-state index is 12.4. The summed E-state index contributed by atoms with van der Waals surface area (Å²) < 4.78 is 50.7. The maximum Gasteiger partial charge on any atom is 0.514 e. The average molecular weight is 584 g/mol. The minimum absolute atomic E-state index is 0.110. The highest BCUT2D eigenvalue weighted by atomic mass is 31.3. The first kappa shape index (κ1) is 28.6. The van der Waals surface area contributed by atoms with Gasteiger partial charge in [0, 0.05) is 12.3 Å². The molecular weight excluding hydrogens is 562 g/mol. The van der Waals surface area contributed by atoms with Crippen molar-refractivity contribution >= 4 is 26.9 Å². The number of aliphatic hydroxyl groups excluding tert-OH is 1. The van der Waals surface area contributed by atoms with Crippen molar-refractivity contribution < 1.29 is 51.9 Å². The van der Waals surface area contributed by atoms with Gasteiger partial charge in [-0.05, 0) is 24.3 Å². The van der Waals surface area contributed by atoms with Gasteiger partial charge in [-0.3, -0.25) is 23.4 Å². The normalized spacial score (nSPS) is 23.9. The van der Waals surface area contributed by atoms with E-state index in [1.807, 2.05) is 4.98 Å². The largest absolute Gasteiger partial charge is 0.514 e. The number of H-pyrrole nitrogens is 1. The molecule has 0 aliphatic carbocycles. The minimum Gasteiger partial charge on any atom is -0.423 e. The predicted molar refractivity (Wildman–Crippen MR) is 131 cm³/mol. The zero-order valence-electron chi connectivity index (χ0n) is 19.7. The number of aromatic amines is 1. The van der Waals surface area contributed by atoms with Gasteiger partial charge in [-0.2, -0.15) is 0 Å². The van der Waals surface area contributed by atoms with Gasteiger partial charge >= 0.3 is 27.3 Å². The van der Waals surface area contributed by atoms with Crippen molar-refractivity contribution in [3.63, 3.8) is 0 Å². The fourth-order valence-corrected chi connectivity index (χ4v) is 6.12. The number of carbonyl (C=O) groups is 1. The van der Waals surface area contributed by atoms with Crippen molar-refractivity contribution in [3.8, 4) is 5.75 Å². The van der Waals surface area contributed by atoms with Crippen LogP contribution in [0.4, 0.5) is 4.79 Å². The van der Waals surface area contributed by atoms with Crippen molar-refractivity contribution in [2.24, 2.45) is 0 Å². The summed E-state index contributed by atoms with van der Waals surface area (Å²) in [6.45, 7) is -0.911. The zero-order chi connectivity index (χ0) is 28.2. The molecule has 3 aromatic rings. The molecule has 17 heteroatoms. The van der Waals surface area contributed by atoms with Crippen molar-refractivity contribution in [2.75, 3.05) is 6.61 Å². The summed E-state index contributed by atoms with van der Waals surface area (Å²) in [6.07, 6.45) is -6.74. The van der Waals surface area contributed by atoms with Crippen LogP contribution in [0.1, 0.15) is 6.23 Å². The molecule has 4 rings (SSSR count). The van der Waals surface area contributed by atoms with E-state index in [1.165, 1.54) is 36.4 Å². The second-order valence-corrected chi connectivity index (χ2v) is 11.4. The third kappa shape index (κ3) is 7.18. The molecule has 1 fully saturated rings. The van der Waals surface area contributed by atoms with Crippen LogP contribution in [0.3, 0.4) is 0 Å². The molecule has 0 spiro atoms. The highest BCUT2D eigenvalue weighted by molar-refractivity contribution is 7.69. The molecule has 2 unspecified atom stereocenters. The molecule has 0 radical (unpaired) electrons. The van der Waals surface area contributed by atoms with E-state index >= 15 is 0 Å². The first-order valence-electron chi connectivity index (χ1n) is 11.1. The van der Waals surface area contributed by atoms with Gasteiger partial charge in [-0.1, -0.05) is 36.4 Å². The number of carbonyl (C=O) groups excluding carboxylic acids is 1. The highest BCUT2D eigenvalue weighted by Crippen LogP contribution is 2.59. The van der Waals surface area contributed by atoms with Crippen molar-refractivity contribution in [1.29, 1.82) is 0 Å². The summed E-state index contributed by atoms with van der Waals surface area (Å²) in [5, 5.41) is 10.5. The first-order chi connectivity index (χ1) is 18.4. The molecule has 6 atom stereocenters. The Labute approximate surface area is 219 Å². The Morgan fingerprint density at radius 1 is 1.00 bits per heavy atom. The molecule has 0 amide bonds. The van der Waals surface area contributed by atoms with Gasteiger partial charge in [0.15, 0.2) is 12.3 Å². The van der Waals surface area contributed by atoms with E-state index in [0.29, 0.717) is 0 Å². The van der Waals surface area contributed by atoms with E-state index in [-0.39, 0.29) is 11.1 Å². The Balaban J connectivity index is 1.50. The summed E-state index contributed by atoms with van der Waals surface area (Å²) in [4.78, 5) is 58.3. The molecule has 4 N–H and O–H groups in total. The smallest absolute Gasteiger partial charge is 0.423 e. The van der Waals surface area contributed by atoms with Crippen molar-refractivity contribution in [3.05, 3.63) is 93.8 Å². The third-order valence-corrected chi connectivity index (χ3v) is 8.45. The minimum atomic E-state index is -5.21. The van der Waals surface area contributed by atoms with Crippen LogP contribution in [0.2, 0.25) is 0 Å². The highest BCUT2D eigenvalue weighted by Gasteiger charge is 2.49. The summed E-state index contributed by atoms with van der Waals surface area (Å²) in [6, 6.07) is 15.5. The van der Waals surface area contributed by atoms with Crippen LogP contribution in [0.15, 0.2) is 82.5 Å². The second kappa shape index (κ2) is 11.8. The molecular formula is C22H22N2O13P2. The number of aliphatic hydroxyl groups is 1. The molecule has 0 saturated carbocycles. The van der Waals surface area contributed by atoms with E-state index in [4.69, 9.17) is 18.7 Å². The maximum atomic E-state index is 12.4. The number of benzene rings is 2. The quantitative estimate of drug-likeness (QED) is 0.157. The van der Waals surface area contributed by atoms with Gasteiger partial charge in [-0.15, -0.1) is 0 Å². The lowest BCUT2D eigenvalue weighted by Crippen LogP contribution is -2.41. The second-order valence-electron chi connectivity index (χ2n) is 8.02. The number of nitrogens with zero attached hydrogens (tertiary/aromatic N) is 1. The SMILES string of the molecule is O=C(Oc1ccccc1)O[C@@H]1[C@H](O)[C@@H](COP(=O)(O)OP(=O)(O)c2ccccc2)O[C@H]1n1ccc(=O)[nH]c1=O. The monoisotopic (exact) mass is 584 g/mol. The summed E-state index contributed by atoms with van der Waals surface area (Å²) in [5.41, 5.74) is -1.72. The topological polar surface area (TPSA) is 213 Å². The number of aromatic nitrogens is 2. The molecule has 1 aliphatic rings. The fourth-order valence-electron chi connectivity index (χ4n) is 3.55. The van der Waals surface area contributed by atoms with Gasteiger partial charge in [0.05, 0.1) is 11.9 Å². The Morgan fingerprint density at radius 2 is 1.64 bits per heavy atom. The van der Waals surface area contributed by atoms with E-state index < -0.39 is 64.0 Å². The van der Waals surface area contributed by atoms with E-state index in [1.54, 1.807) is 24.3 Å². The lowest BCUT2D eigenvalue weighted by Gasteiger charge is -2.21. The summed E-state index contributed by atoms with van der Waals surface area (Å²) in [5.74, 6) is 0.110. The molecule has 39 heavy (non-hydrogen) atoms. The van der Waals surface area contributed by atoms with Gasteiger partial charge in [0.25, 0.3) is 5.56 Å². The lowest BCUT2D eigenvalue weighted by atomic mass is 10.1. The van der Waals surface area contributed by atoms with Crippen molar-refractivity contribution in [1.82, 2.24) is 9.55 Å². The number of rotatable bonds is 9. The number of phosphoric acid groups is 1. The molecule has 1 saturated heterocycles. The molecule has 15 nitrogen and oxygen atoms in total. The Bertz CT molecular complexity index is 1510. The van der Waals surface area contributed by atoms with Crippen LogP contribution in [-0.2, 0) is 27.4 Å². The molecule has 208 valence electrons. The lowest BCUT2D eigenvalue weighted by molar-refractivity contribution is -0.0603. The van der Waals surface area contributed by atoms with Crippen LogP contribution >= 0.6 is 15.4 Å². The van der Waals surface area contributed by atoms with Crippen LogP contribution in [-0.4, -0.2) is 55.5 Å².